The lowest BCUT2D eigenvalue weighted by atomic mass is 10.1. The molecule has 2 heterocycles. The molecule has 3 aromatic rings. The minimum atomic E-state index is -1.07. The van der Waals surface area contributed by atoms with Gasteiger partial charge in [-0.3, -0.25) is 19.1 Å². The molecule has 33 heavy (non-hydrogen) atoms. The van der Waals surface area contributed by atoms with Crippen LogP contribution in [0.4, 0.5) is 8.78 Å². The molecule has 1 aliphatic heterocycles. The van der Waals surface area contributed by atoms with Crippen molar-refractivity contribution >= 4 is 28.4 Å². The van der Waals surface area contributed by atoms with Crippen LogP contribution in [-0.2, 0) is 11.3 Å². The summed E-state index contributed by atoms with van der Waals surface area (Å²) in [5.41, 5.74) is 0.482. The first kappa shape index (κ1) is 23.5. The normalized spacial score (nSPS) is 15.6. The number of aromatic nitrogens is 2. The summed E-state index contributed by atoms with van der Waals surface area (Å²) in [6.07, 6.45) is 0.749. The molecule has 0 spiro atoms. The summed E-state index contributed by atoms with van der Waals surface area (Å²) < 4.78 is 33.9. The topological polar surface area (TPSA) is 64.4 Å². The number of thioether (sulfide) groups is 1. The van der Waals surface area contributed by atoms with Crippen LogP contribution in [0.1, 0.15) is 23.7 Å². The van der Waals surface area contributed by atoms with E-state index in [1.54, 1.807) is 29.7 Å². The Morgan fingerprint density at radius 1 is 1.12 bits per heavy atom. The number of halogens is 2. The van der Waals surface area contributed by atoms with Crippen LogP contribution in [0.2, 0.25) is 0 Å². The standard InChI is InChI=1S/C24H25F2N3O3S/c1-16(22(30)17-7-8-19(25)20(26)15-17)33-24-27-21-6-3-2-5-18(21)23(31)29(24)10-4-9-28-11-13-32-14-12-28/h2-3,5-8,15-16H,4,9-14H2,1H3. The van der Waals surface area contributed by atoms with Gasteiger partial charge in [-0.1, -0.05) is 23.9 Å². The minimum Gasteiger partial charge on any atom is -0.379 e. The molecule has 0 amide bonds. The molecule has 1 aliphatic rings. The van der Waals surface area contributed by atoms with Crippen molar-refractivity contribution in [2.24, 2.45) is 0 Å². The van der Waals surface area contributed by atoms with E-state index in [-0.39, 0.29) is 16.9 Å². The van der Waals surface area contributed by atoms with E-state index in [4.69, 9.17) is 4.74 Å². The molecule has 1 saturated heterocycles. The number of ketones is 1. The van der Waals surface area contributed by atoms with Gasteiger partial charge in [0.05, 0.1) is 29.4 Å². The third-order valence-electron chi connectivity index (χ3n) is 5.64. The van der Waals surface area contributed by atoms with Crippen LogP contribution < -0.4 is 5.56 Å². The monoisotopic (exact) mass is 473 g/mol. The number of morpholine rings is 1. The molecule has 9 heteroatoms. The van der Waals surface area contributed by atoms with Gasteiger partial charge in [0, 0.05) is 31.7 Å². The van der Waals surface area contributed by atoms with Gasteiger partial charge in [-0.2, -0.15) is 0 Å². The second kappa shape index (κ2) is 10.5. The van der Waals surface area contributed by atoms with E-state index in [0.717, 1.165) is 49.9 Å². The summed E-state index contributed by atoms with van der Waals surface area (Å²) in [5.74, 6) is -2.43. The Hall–Kier alpha value is -2.62. The Labute approximate surface area is 194 Å². The van der Waals surface area contributed by atoms with Gasteiger partial charge in [-0.05, 0) is 43.7 Å². The number of rotatable bonds is 8. The summed E-state index contributed by atoms with van der Waals surface area (Å²) in [6, 6.07) is 10.2. The Balaban J connectivity index is 1.57. The van der Waals surface area contributed by atoms with E-state index in [0.29, 0.717) is 35.8 Å². The van der Waals surface area contributed by atoms with Crippen molar-refractivity contribution in [3.8, 4) is 0 Å². The highest BCUT2D eigenvalue weighted by molar-refractivity contribution is 8.00. The van der Waals surface area contributed by atoms with Crippen LogP contribution in [-0.4, -0.2) is 58.3 Å². The highest BCUT2D eigenvalue weighted by Gasteiger charge is 2.22. The Morgan fingerprint density at radius 3 is 2.64 bits per heavy atom. The van der Waals surface area contributed by atoms with E-state index in [9.17, 15) is 18.4 Å². The predicted molar refractivity (Wildman–Crippen MR) is 124 cm³/mol. The van der Waals surface area contributed by atoms with Crippen LogP contribution >= 0.6 is 11.8 Å². The molecule has 0 saturated carbocycles. The third-order valence-corrected chi connectivity index (χ3v) is 6.73. The number of fused-ring (bicyclic) bond motifs is 1. The number of ether oxygens (including phenoxy) is 1. The average Bonchev–Trinajstić information content (AvgIpc) is 2.83. The first-order valence-electron chi connectivity index (χ1n) is 10.9. The first-order valence-corrected chi connectivity index (χ1v) is 11.8. The van der Waals surface area contributed by atoms with E-state index in [1.807, 2.05) is 6.07 Å². The van der Waals surface area contributed by atoms with Gasteiger partial charge in [-0.15, -0.1) is 0 Å². The first-order chi connectivity index (χ1) is 15.9. The Morgan fingerprint density at radius 2 is 1.88 bits per heavy atom. The summed E-state index contributed by atoms with van der Waals surface area (Å²) >= 11 is 1.15. The van der Waals surface area contributed by atoms with Crippen LogP contribution in [0.3, 0.4) is 0 Å². The van der Waals surface area contributed by atoms with Crippen molar-refractivity contribution in [1.29, 1.82) is 0 Å². The van der Waals surface area contributed by atoms with Crippen molar-refractivity contribution in [3.05, 3.63) is 70.0 Å². The number of nitrogens with zero attached hydrogens (tertiary/aromatic N) is 3. The van der Waals surface area contributed by atoms with Crippen molar-refractivity contribution in [3.63, 3.8) is 0 Å². The minimum absolute atomic E-state index is 0.0795. The lowest BCUT2D eigenvalue weighted by Crippen LogP contribution is -2.37. The molecule has 0 bridgehead atoms. The maximum Gasteiger partial charge on any atom is 0.262 e. The summed E-state index contributed by atoms with van der Waals surface area (Å²) in [7, 11) is 0. The second-order valence-electron chi connectivity index (χ2n) is 7.93. The molecule has 1 atom stereocenters. The maximum absolute atomic E-state index is 13.6. The lowest BCUT2D eigenvalue weighted by molar-refractivity contribution is 0.0368. The van der Waals surface area contributed by atoms with E-state index < -0.39 is 16.9 Å². The van der Waals surface area contributed by atoms with E-state index >= 15 is 0 Å². The summed E-state index contributed by atoms with van der Waals surface area (Å²) in [4.78, 5) is 33.0. The van der Waals surface area contributed by atoms with Gasteiger partial charge in [0.2, 0.25) is 0 Å². The Kier molecular flexibility index (Phi) is 7.52. The number of Topliss-reactive ketones (excluding diaryl/α,β-unsaturated/α-hetero) is 1. The van der Waals surface area contributed by atoms with Crippen LogP contribution in [0.15, 0.2) is 52.4 Å². The fourth-order valence-electron chi connectivity index (χ4n) is 3.81. The third kappa shape index (κ3) is 5.48. The van der Waals surface area contributed by atoms with Crippen molar-refractivity contribution in [2.75, 3.05) is 32.8 Å². The molecule has 1 fully saturated rings. The van der Waals surface area contributed by atoms with Crippen molar-refractivity contribution < 1.29 is 18.3 Å². The highest BCUT2D eigenvalue weighted by atomic mass is 32.2. The molecule has 2 aromatic carbocycles. The average molecular weight is 474 g/mol. The number of benzene rings is 2. The van der Waals surface area contributed by atoms with Crippen molar-refractivity contribution in [1.82, 2.24) is 14.5 Å². The summed E-state index contributed by atoms with van der Waals surface area (Å²) in [5, 5.41) is 0.310. The number of hydrogen-bond acceptors (Lipinski definition) is 6. The van der Waals surface area contributed by atoms with Gasteiger partial charge < -0.3 is 4.74 Å². The lowest BCUT2D eigenvalue weighted by Gasteiger charge is -2.26. The number of carbonyl (C=O) groups excluding carboxylic acids is 1. The fourth-order valence-corrected chi connectivity index (χ4v) is 4.82. The molecule has 0 N–H and O–H groups in total. The van der Waals surface area contributed by atoms with Crippen LogP contribution in [0, 0.1) is 11.6 Å². The quantitative estimate of drug-likeness (QED) is 0.282. The summed E-state index contributed by atoms with van der Waals surface area (Å²) in [6.45, 7) is 6.12. The fraction of sp³-hybridized carbons (Fsp3) is 0.375. The molecule has 1 aromatic heterocycles. The number of hydrogen-bond donors (Lipinski definition) is 0. The molecule has 6 nitrogen and oxygen atoms in total. The maximum atomic E-state index is 13.6. The zero-order valence-electron chi connectivity index (χ0n) is 18.3. The molecule has 0 aliphatic carbocycles. The smallest absolute Gasteiger partial charge is 0.262 e. The molecule has 174 valence electrons. The molecular weight excluding hydrogens is 448 g/mol. The largest absolute Gasteiger partial charge is 0.379 e. The zero-order chi connectivity index (χ0) is 23.4. The Bertz CT molecular complexity index is 1210. The van der Waals surface area contributed by atoms with Gasteiger partial charge in [0.25, 0.3) is 5.56 Å². The van der Waals surface area contributed by atoms with E-state index in [1.165, 1.54) is 6.07 Å². The van der Waals surface area contributed by atoms with Gasteiger partial charge in [0.15, 0.2) is 22.6 Å². The van der Waals surface area contributed by atoms with Gasteiger partial charge in [-0.25, -0.2) is 13.8 Å². The van der Waals surface area contributed by atoms with Crippen LogP contribution in [0.5, 0.6) is 0 Å². The van der Waals surface area contributed by atoms with Gasteiger partial charge in [0.1, 0.15) is 0 Å². The zero-order valence-corrected chi connectivity index (χ0v) is 19.1. The van der Waals surface area contributed by atoms with Gasteiger partial charge >= 0.3 is 0 Å². The molecule has 4 rings (SSSR count). The second-order valence-corrected chi connectivity index (χ2v) is 9.24. The number of carbonyl (C=O) groups is 1. The molecule has 1 unspecified atom stereocenters. The number of para-hydroxylation sites is 1. The van der Waals surface area contributed by atoms with Crippen LogP contribution in [0.25, 0.3) is 10.9 Å². The van der Waals surface area contributed by atoms with E-state index in [2.05, 4.69) is 9.88 Å². The van der Waals surface area contributed by atoms with Crippen molar-refractivity contribution in [2.45, 2.75) is 30.3 Å². The SMILES string of the molecule is CC(Sc1nc2ccccc2c(=O)n1CCCN1CCOCC1)C(=O)c1ccc(F)c(F)c1. The predicted octanol–water partition coefficient (Wildman–Crippen LogP) is 3.76. The highest BCUT2D eigenvalue weighted by Crippen LogP contribution is 2.26. The molecular formula is C24H25F2N3O3S. The molecule has 0 radical (unpaired) electrons.